The molecule has 8 nitrogen and oxygen atoms in total. The van der Waals surface area contributed by atoms with Crippen molar-refractivity contribution < 1.29 is 23.9 Å². The summed E-state index contributed by atoms with van der Waals surface area (Å²) in [6, 6.07) is 7.19. The largest absolute Gasteiger partial charge is 0.448 e. The van der Waals surface area contributed by atoms with Gasteiger partial charge in [0.25, 0.3) is 0 Å². The van der Waals surface area contributed by atoms with Gasteiger partial charge < -0.3 is 19.6 Å². The third kappa shape index (κ3) is 6.05. The van der Waals surface area contributed by atoms with Crippen molar-refractivity contribution in [3.63, 3.8) is 0 Å². The number of rotatable bonds is 9. The van der Waals surface area contributed by atoms with Crippen molar-refractivity contribution in [3.8, 4) is 0 Å². The van der Waals surface area contributed by atoms with Crippen molar-refractivity contribution in [1.29, 1.82) is 0 Å². The molecule has 10 heteroatoms. The van der Waals surface area contributed by atoms with Crippen LogP contribution in [0.1, 0.15) is 30.8 Å². The molecule has 1 amide bonds. The van der Waals surface area contributed by atoms with Gasteiger partial charge in [-0.1, -0.05) is 11.6 Å². The van der Waals surface area contributed by atoms with Crippen LogP contribution in [0.25, 0.3) is 11.0 Å². The average molecular weight is 546 g/mol. The molecule has 0 spiro atoms. The van der Waals surface area contributed by atoms with Crippen LogP contribution in [-0.2, 0) is 9.57 Å². The first kappa shape index (κ1) is 22.8. The molecule has 0 fully saturated rings. The van der Waals surface area contributed by atoms with E-state index in [1.807, 2.05) is 18.2 Å². The SMILES string of the molecule is CC(C)(O)OCCCONC(=O)c1oc2ccncc2c1Nc1ccc(I)cc1Cl. The fourth-order valence-electron chi connectivity index (χ4n) is 2.57. The molecule has 1 aromatic carbocycles. The Morgan fingerprint density at radius 1 is 1.33 bits per heavy atom. The van der Waals surface area contributed by atoms with E-state index in [0.717, 1.165) is 3.57 Å². The van der Waals surface area contributed by atoms with Crippen LogP contribution in [0, 0.1) is 3.57 Å². The second kappa shape index (κ2) is 9.92. The van der Waals surface area contributed by atoms with Gasteiger partial charge in [-0.25, -0.2) is 5.48 Å². The van der Waals surface area contributed by atoms with E-state index in [9.17, 15) is 9.90 Å². The molecule has 0 bridgehead atoms. The Morgan fingerprint density at radius 3 is 2.87 bits per heavy atom. The number of nitrogens with one attached hydrogen (secondary N) is 2. The predicted molar refractivity (Wildman–Crippen MR) is 122 cm³/mol. The number of furan rings is 1. The number of carbonyl (C=O) groups is 1. The van der Waals surface area contributed by atoms with Gasteiger partial charge >= 0.3 is 5.91 Å². The zero-order chi connectivity index (χ0) is 21.7. The number of hydroxylamine groups is 1. The van der Waals surface area contributed by atoms with Gasteiger partial charge in [-0.2, -0.15) is 0 Å². The molecule has 3 N–H and O–H groups in total. The average Bonchev–Trinajstić information content (AvgIpc) is 3.04. The van der Waals surface area contributed by atoms with Crippen molar-refractivity contribution in [1.82, 2.24) is 10.5 Å². The van der Waals surface area contributed by atoms with E-state index in [0.29, 0.717) is 33.8 Å². The number of amides is 1. The fraction of sp³-hybridized carbons (Fsp3) is 0.300. The molecule has 30 heavy (non-hydrogen) atoms. The summed E-state index contributed by atoms with van der Waals surface area (Å²) >= 11 is 8.49. The lowest BCUT2D eigenvalue weighted by Crippen LogP contribution is -2.26. The summed E-state index contributed by atoms with van der Waals surface area (Å²) in [6.07, 6.45) is 3.67. The summed E-state index contributed by atoms with van der Waals surface area (Å²) in [6.45, 7) is 3.57. The highest BCUT2D eigenvalue weighted by Crippen LogP contribution is 2.35. The zero-order valence-electron chi connectivity index (χ0n) is 16.4. The van der Waals surface area contributed by atoms with Crippen LogP contribution in [0.5, 0.6) is 0 Å². The Balaban J connectivity index is 1.72. The summed E-state index contributed by atoms with van der Waals surface area (Å²) < 4.78 is 11.9. The van der Waals surface area contributed by atoms with Gasteiger partial charge in [0.05, 0.1) is 29.3 Å². The number of pyridine rings is 1. The van der Waals surface area contributed by atoms with E-state index < -0.39 is 11.7 Å². The standard InChI is InChI=1S/C20H21ClIN3O5/c1-20(2,27)28-8-3-9-29-25-19(26)18-17(13-11-23-7-6-16(13)30-18)24-15-5-4-12(22)10-14(15)21/h4-7,10-11,24,27H,3,8-9H2,1-2H3,(H,25,26). The Bertz CT molecular complexity index is 1030. The van der Waals surface area contributed by atoms with Crippen LogP contribution in [0.3, 0.4) is 0 Å². The van der Waals surface area contributed by atoms with Crippen LogP contribution >= 0.6 is 34.2 Å². The fourth-order valence-corrected chi connectivity index (χ4v) is 3.47. The highest BCUT2D eigenvalue weighted by Gasteiger charge is 2.22. The lowest BCUT2D eigenvalue weighted by Gasteiger charge is -2.17. The first-order chi connectivity index (χ1) is 14.2. The van der Waals surface area contributed by atoms with Crippen LogP contribution in [0.15, 0.2) is 41.1 Å². The van der Waals surface area contributed by atoms with Gasteiger partial charge in [-0.05, 0) is 67.1 Å². The Labute approximate surface area is 192 Å². The van der Waals surface area contributed by atoms with Crippen LogP contribution in [-0.4, -0.2) is 35.0 Å². The van der Waals surface area contributed by atoms with Gasteiger partial charge in [0, 0.05) is 16.0 Å². The molecule has 0 unspecified atom stereocenters. The number of carbonyl (C=O) groups excluding carboxylic acids is 1. The van der Waals surface area contributed by atoms with Gasteiger partial charge in [0.2, 0.25) is 5.76 Å². The lowest BCUT2D eigenvalue weighted by atomic mass is 10.2. The third-order valence-electron chi connectivity index (χ3n) is 3.90. The van der Waals surface area contributed by atoms with Crippen molar-refractivity contribution in [2.75, 3.05) is 18.5 Å². The summed E-state index contributed by atoms with van der Waals surface area (Å²) in [5.74, 6) is -1.72. The maximum absolute atomic E-state index is 12.7. The molecule has 2 heterocycles. The highest BCUT2D eigenvalue weighted by atomic mass is 127. The molecule has 0 aliphatic heterocycles. The highest BCUT2D eigenvalue weighted by molar-refractivity contribution is 14.1. The predicted octanol–water partition coefficient (Wildman–Crippen LogP) is 4.63. The number of benzene rings is 1. The maximum atomic E-state index is 12.7. The molecule has 0 aliphatic rings. The van der Waals surface area contributed by atoms with Crippen molar-refractivity contribution in [2.45, 2.75) is 26.1 Å². The van der Waals surface area contributed by atoms with E-state index >= 15 is 0 Å². The smallest absolute Gasteiger partial charge is 0.312 e. The van der Waals surface area contributed by atoms with Crippen molar-refractivity contribution >= 4 is 62.4 Å². The summed E-state index contributed by atoms with van der Waals surface area (Å²) in [4.78, 5) is 22.0. The molecule has 0 atom stereocenters. The number of aromatic nitrogens is 1. The Hall–Kier alpha value is -1.92. The van der Waals surface area contributed by atoms with Crippen LogP contribution in [0.2, 0.25) is 5.02 Å². The van der Waals surface area contributed by atoms with E-state index in [1.165, 1.54) is 0 Å². The minimum Gasteiger partial charge on any atom is -0.448 e. The van der Waals surface area contributed by atoms with Gasteiger partial charge in [0.1, 0.15) is 11.3 Å². The number of ether oxygens (including phenoxy) is 1. The molecule has 0 saturated heterocycles. The number of anilines is 2. The molecule has 0 aliphatic carbocycles. The second-order valence-corrected chi connectivity index (χ2v) is 8.51. The molecular weight excluding hydrogens is 525 g/mol. The van der Waals surface area contributed by atoms with Gasteiger partial charge in [-0.3, -0.25) is 14.6 Å². The first-order valence-corrected chi connectivity index (χ1v) is 10.6. The number of halogens is 2. The third-order valence-corrected chi connectivity index (χ3v) is 4.88. The molecule has 0 saturated carbocycles. The first-order valence-electron chi connectivity index (χ1n) is 9.11. The lowest BCUT2D eigenvalue weighted by molar-refractivity contribution is -0.178. The monoisotopic (exact) mass is 545 g/mol. The Kier molecular flexibility index (Phi) is 7.53. The molecule has 2 aromatic heterocycles. The zero-order valence-corrected chi connectivity index (χ0v) is 19.3. The quantitative estimate of drug-likeness (QED) is 0.156. The topological polar surface area (TPSA) is 106 Å². The number of fused-ring (bicyclic) bond motifs is 1. The summed E-state index contributed by atoms with van der Waals surface area (Å²) in [5, 5.41) is 13.8. The molecule has 3 rings (SSSR count). The molecule has 160 valence electrons. The van der Waals surface area contributed by atoms with E-state index in [1.54, 1.807) is 32.3 Å². The van der Waals surface area contributed by atoms with Gasteiger partial charge in [-0.15, -0.1) is 0 Å². The molecular formula is C20H21ClIN3O5. The minimum atomic E-state index is -1.21. The van der Waals surface area contributed by atoms with Crippen LogP contribution < -0.4 is 10.8 Å². The minimum absolute atomic E-state index is 0.0420. The van der Waals surface area contributed by atoms with E-state index in [2.05, 4.69) is 38.4 Å². The Morgan fingerprint density at radius 2 is 2.13 bits per heavy atom. The number of nitrogens with zero attached hydrogens (tertiary/aromatic N) is 1. The second-order valence-electron chi connectivity index (χ2n) is 6.86. The van der Waals surface area contributed by atoms with Crippen LogP contribution in [0.4, 0.5) is 11.4 Å². The maximum Gasteiger partial charge on any atom is 0.312 e. The van der Waals surface area contributed by atoms with Gasteiger partial charge in [0.15, 0.2) is 5.79 Å². The number of hydrogen-bond acceptors (Lipinski definition) is 7. The van der Waals surface area contributed by atoms with E-state index in [-0.39, 0.29) is 19.0 Å². The summed E-state index contributed by atoms with van der Waals surface area (Å²) in [7, 11) is 0. The van der Waals surface area contributed by atoms with Crippen molar-refractivity contribution in [2.24, 2.45) is 0 Å². The van der Waals surface area contributed by atoms with Crippen molar-refractivity contribution in [3.05, 3.63) is 51.0 Å². The van der Waals surface area contributed by atoms with E-state index in [4.69, 9.17) is 25.6 Å². The number of aliphatic hydroxyl groups is 1. The normalized spacial score (nSPS) is 11.6. The summed E-state index contributed by atoms with van der Waals surface area (Å²) in [5.41, 5.74) is 3.93. The molecule has 0 radical (unpaired) electrons. The molecule has 3 aromatic rings. The number of hydrogen-bond donors (Lipinski definition) is 3.